The van der Waals surface area contributed by atoms with Crippen LogP contribution in [0.2, 0.25) is 0 Å². The Balaban J connectivity index is 1.51. The van der Waals surface area contributed by atoms with Gasteiger partial charge in [0.1, 0.15) is 0 Å². The molecule has 7 heteroatoms. The fourth-order valence-corrected chi connectivity index (χ4v) is 3.74. The molecule has 1 heterocycles. The van der Waals surface area contributed by atoms with E-state index in [1.807, 2.05) is 55.4 Å². The van der Waals surface area contributed by atoms with E-state index in [-0.39, 0.29) is 24.2 Å². The van der Waals surface area contributed by atoms with Crippen LogP contribution in [-0.2, 0) is 22.6 Å². The van der Waals surface area contributed by atoms with Gasteiger partial charge in [0.25, 0.3) is 0 Å². The third kappa shape index (κ3) is 5.69. The standard InChI is InChI=1S/C24H31N3O4/c1-26(2)20-7-5-6-18(12-20)15-25-24(29)19-14-23(28)27(16-19)11-10-17-8-9-21(30-3)22(13-17)31-4/h5-9,12-13,19H,10-11,14-16H2,1-4H3,(H,25,29). The number of rotatable bonds is 9. The number of benzene rings is 2. The summed E-state index contributed by atoms with van der Waals surface area (Å²) in [5, 5.41) is 2.98. The molecule has 7 nitrogen and oxygen atoms in total. The van der Waals surface area contributed by atoms with Gasteiger partial charge in [-0.15, -0.1) is 0 Å². The highest BCUT2D eigenvalue weighted by molar-refractivity contribution is 5.89. The van der Waals surface area contributed by atoms with Crippen molar-refractivity contribution in [1.82, 2.24) is 10.2 Å². The Bertz CT molecular complexity index is 929. The van der Waals surface area contributed by atoms with E-state index in [1.54, 1.807) is 19.1 Å². The summed E-state index contributed by atoms with van der Waals surface area (Å²) in [7, 11) is 7.17. The van der Waals surface area contributed by atoms with Gasteiger partial charge in [-0.3, -0.25) is 9.59 Å². The van der Waals surface area contributed by atoms with E-state index in [2.05, 4.69) is 11.4 Å². The molecule has 166 valence electrons. The van der Waals surface area contributed by atoms with Gasteiger partial charge in [0.05, 0.1) is 20.1 Å². The highest BCUT2D eigenvalue weighted by Gasteiger charge is 2.33. The number of carbonyl (C=O) groups excluding carboxylic acids is 2. The van der Waals surface area contributed by atoms with Crippen molar-refractivity contribution in [3.63, 3.8) is 0 Å². The minimum Gasteiger partial charge on any atom is -0.493 e. The molecule has 2 aromatic carbocycles. The topological polar surface area (TPSA) is 71.1 Å². The maximum Gasteiger partial charge on any atom is 0.225 e. The van der Waals surface area contributed by atoms with Crippen molar-refractivity contribution >= 4 is 17.5 Å². The van der Waals surface area contributed by atoms with Gasteiger partial charge >= 0.3 is 0 Å². The van der Waals surface area contributed by atoms with E-state index in [1.165, 1.54) is 0 Å². The van der Waals surface area contributed by atoms with Gasteiger partial charge in [0.2, 0.25) is 11.8 Å². The van der Waals surface area contributed by atoms with Gasteiger partial charge in [-0.25, -0.2) is 0 Å². The predicted molar refractivity (Wildman–Crippen MR) is 121 cm³/mol. The molecule has 2 aromatic rings. The van der Waals surface area contributed by atoms with Gasteiger partial charge in [-0.1, -0.05) is 18.2 Å². The Morgan fingerprint density at radius 2 is 1.87 bits per heavy atom. The normalized spacial score (nSPS) is 15.7. The van der Waals surface area contributed by atoms with Crippen LogP contribution < -0.4 is 19.7 Å². The summed E-state index contributed by atoms with van der Waals surface area (Å²) >= 11 is 0. The quantitative estimate of drug-likeness (QED) is 0.668. The second-order valence-electron chi connectivity index (χ2n) is 7.96. The number of methoxy groups -OCH3 is 2. The highest BCUT2D eigenvalue weighted by atomic mass is 16.5. The molecule has 1 saturated heterocycles. The molecule has 31 heavy (non-hydrogen) atoms. The van der Waals surface area contributed by atoms with Crippen LogP contribution in [0.3, 0.4) is 0 Å². The smallest absolute Gasteiger partial charge is 0.225 e. The van der Waals surface area contributed by atoms with Gasteiger partial charge in [0.15, 0.2) is 11.5 Å². The zero-order chi connectivity index (χ0) is 22.4. The molecule has 1 atom stereocenters. The van der Waals surface area contributed by atoms with Gasteiger partial charge in [0, 0.05) is 45.8 Å². The third-order valence-corrected chi connectivity index (χ3v) is 5.60. The molecule has 1 fully saturated rings. The fraction of sp³-hybridized carbons (Fsp3) is 0.417. The summed E-state index contributed by atoms with van der Waals surface area (Å²) in [6.45, 7) is 1.48. The number of hydrogen-bond acceptors (Lipinski definition) is 5. The lowest BCUT2D eigenvalue weighted by Crippen LogP contribution is -2.33. The Morgan fingerprint density at radius 3 is 2.58 bits per heavy atom. The number of ether oxygens (including phenoxy) is 2. The number of nitrogens with one attached hydrogen (secondary N) is 1. The van der Waals surface area contributed by atoms with E-state index in [4.69, 9.17) is 9.47 Å². The molecular weight excluding hydrogens is 394 g/mol. The van der Waals surface area contributed by atoms with E-state index in [0.717, 1.165) is 16.8 Å². The minimum absolute atomic E-state index is 0.0234. The van der Waals surface area contributed by atoms with E-state index in [9.17, 15) is 9.59 Å². The molecule has 0 saturated carbocycles. The van der Waals surface area contributed by atoms with Crippen LogP contribution >= 0.6 is 0 Å². The largest absolute Gasteiger partial charge is 0.493 e. The monoisotopic (exact) mass is 425 g/mol. The summed E-state index contributed by atoms with van der Waals surface area (Å²) in [5.41, 5.74) is 3.18. The zero-order valence-corrected chi connectivity index (χ0v) is 18.7. The summed E-state index contributed by atoms with van der Waals surface area (Å²) in [4.78, 5) is 28.8. The van der Waals surface area contributed by atoms with Crippen LogP contribution in [0.25, 0.3) is 0 Å². The Hall–Kier alpha value is -3.22. The van der Waals surface area contributed by atoms with Crippen LogP contribution in [0.4, 0.5) is 5.69 Å². The predicted octanol–water partition coefficient (Wildman–Crippen LogP) is 2.48. The van der Waals surface area contributed by atoms with Crippen molar-refractivity contribution in [2.45, 2.75) is 19.4 Å². The van der Waals surface area contributed by atoms with Crippen LogP contribution in [-0.4, -0.2) is 58.1 Å². The van der Waals surface area contributed by atoms with Crippen molar-refractivity contribution in [1.29, 1.82) is 0 Å². The van der Waals surface area contributed by atoms with E-state index >= 15 is 0 Å². The molecular formula is C24H31N3O4. The first-order valence-electron chi connectivity index (χ1n) is 10.4. The van der Waals surface area contributed by atoms with Crippen molar-refractivity contribution in [3.8, 4) is 11.5 Å². The average Bonchev–Trinajstić information content (AvgIpc) is 3.16. The highest BCUT2D eigenvalue weighted by Crippen LogP contribution is 2.28. The maximum absolute atomic E-state index is 12.6. The Kier molecular flexibility index (Phi) is 7.39. The van der Waals surface area contributed by atoms with Gasteiger partial charge in [-0.2, -0.15) is 0 Å². The van der Waals surface area contributed by atoms with Crippen molar-refractivity contribution < 1.29 is 19.1 Å². The van der Waals surface area contributed by atoms with Gasteiger partial charge < -0.3 is 24.6 Å². The molecule has 1 N–H and O–H groups in total. The Morgan fingerprint density at radius 1 is 1.10 bits per heavy atom. The lowest BCUT2D eigenvalue weighted by molar-refractivity contribution is -0.129. The molecule has 0 aliphatic carbocycles. The average molecular weight is 426 g/mol. The van der Waals surface area contributed by atoms with Crippen molar-refractivity contribution in [3.05, 3.63) is 53.6 Å². The summed E-state index contributed by atoms with van der Waals surface area (Å²) in [5.74, 6) is 0.988. The lowest BCUT2D eigenvalue weighted by Gasteiger charge is -2.17. The SMILES string of the molecule is COc1ccc(CCN2CC(C(=O)NCc3cccc(N(C)C)c3)CC2=O)cc1OC. The fourth-order valence-electron chi connectivity index (χ4n) is 3.74. The first-order valence-corrected chi connectivity index (χ1v) is 10.4. The summed E-state index contributed by atoms with van der Waals surface area (Å²) in [6, 6.07) is 13.8. The zero-order valence-electron chi connectivity index (χ0n) is 18.7. The number of hydrogen-bond donors (Lipinski definition) is 1. The van der Waals surface area contributed by atoms with E-state index < -0.39 is 0 Å². The molecule has 1 unspecified atom stereocenters. The summed E-state index contributed by atoms with van der Waals surface area (Å²) < 4.78 is 10.6. The molecule has 0 aromatic heterocycles. The number of carbonyl (C=O) groups is 2. The minimum atomic E-state index is -0.310. The second-order valence-corrected chi connectivity index (χ2v) is 7.96. The number of amides is 2. The Labute approximate surface area is 183 Å². The molecule has 0 spiro atoms. The summed E-state index contributed by atoms with van der Waals surface area (Å²) in [6.07, 6.45) is 0.952. The van der Waals surface area contributed by atoms with Crippen LogP contribution in [0.15, 0.2) is 42.5 Å². The van der Waals surface area contributed by atoms with Crippen LogP contribution in [0, 0.1) is 5.92 Å². The second kappa shape index (κ2) is 10.2. The van der Waals surface area contributed by atoms with Crippen molar-refractivity contribution in [2.75, 3.05) is 46.3 Å². The van der Waals surface area contributed by atoms with Crippen LogP contribution in [0.5, 0.6) is 11.5 Å². The number of anilines is 1. The molecule has 2 amide bonds. The molecule has 1 aliphatic rings. The van der Waals surface area contributed by atoms with Crippen LogP contribution in [0.1, 0.15) is 17.5 Å². The molecule has 1 aliphatic heterocycles. The lowest BCUT2D eigenvalue weighted by atomic mass is 10.1. The number of nitrogens with zero attached hydrogens (tertiary/aromatic N) is 2. The van der Waals surface area contributed by atoms with E-state index in [0.29, 0.717) is 37.6 Å². The first kappa shape index (κ1) is 22.5. The molecule has 0 bridgehead atoms. The third-order valence-electron chi connectivity index (χ3n) is 5.60. The molecule has 3 rings (SSSR count). The van der Waals surface area contributed by atoms with Crippen molar-refractivity contribution in [2.24, 2.45) is 5.92 Å². The maximum atomic E-state index is 12.6. The molecule has 0 radical (unpaired) electrons. The first-order chi connectivity index (χ1) is 14.9. The number of likely N-dealkylation sites (tertiary alicyclic amines) is 1. The van der Waals surface area contributed by atoms with Gasteiger partial charge in [-0.05, 0) is 41.8 Å².